The highest BCUT2D eigenvalue weighted by atomic mass is 79.9. The summed E-state index contributed by atoms with van der Waals surface area (Å²) in [5.41, 5.74) is 1.80. The van der Waals surface area contributed by atoms with Crippen LogP contribution in [-0.4, -0.2) is 6.29 Å². The van der Waals surface area contributed by atoms with Gasteiger partial charge in [0, 0.05) is 4.47 Å². The molecular formula is C16H15BrO2. The molecule has 0 spiro atoms. The van der Waals surface area contributed by atoms with Crippen molar-refractivity contribution in [3.63, 3.8) is 0 Å². The van der Waals surface area contributed by atoms with Gasteiger partial charge in [-0.3, -0.25) is 4.79 Å². The minimum Gasteiger partial charge on any atom is -0.457 e. The molecule has 0 atom stereocenters. The van der Waals surface area contributed by atoms with Crippen molar-refractivity contribution in [2.75, 3.05) is 0 Å². The van der Waals surface area contributed by atoms with Crippen LogP contribution in [0.15, 0.2) is 46.9 Å². The van der Waals surface area contributed by atoms with E-state index in [2.05, 4.69) is 29.8 Å². The van der Waals surface area contributed by atoms with E-state index in [9.17, 15) is 4.79 Å². The molecule has 0 radical (unpaired) electrons. The molecule has 2 aromatic carbocycles. The maximum atomic E-state index is 11.0. The van der Waals surface area contributed by atoms with Crippen molar-refractivity contribution in [2.24, 2.45) is 0 Å². The second-order valence-corrected chi connectivity index (χ2v) is 5.54. The Labute approximate surface area is 121 Å². The van der Waals surface area contributed by atoms with Crippen LogP contribution in [0.5, 0.6) is 11.5 Å². The summed E-state index contributed by atoms with van der Waals surface area (Å²) in [4.78, 5) is 11.0. The maximum absolute atomic E-state index is 11.0. The summed E-state index contributed by atoms with van der Waals surface area (Å²) in [6.07, 6.45) is 0.796. The van der Waals surface area contributed by atoms with Gasteiger partial charge in [0.25, 0.3) is 0 Å². The molecule has 2 nitrogen and oxygen atoms in total. The highest BCUT2D eigenvalue weighted by Gasteiger charge is 2.06. The van der Waals surface area contributed by atoms with Crippen molar-refractivity contribution in [1.29, 1.82) is 0 Å². The van der Waals surface area contributed by atoms with E-state index in [4.69, 9.17) is 4.74 Å². The number of hydrogen-bond acceptors (Lipinski definition) is 2. The molecule has 3 heteroatoms. The van der Waals surface area contributed by atoms with Gasteiger partial charge in [0.1, 0.15) is 11.5 Å². The van der Waals surface area contributed by atoms with Crippen molar-refractivity contribution in [1.82, 2.24) is 0 Å². The highest BCUT2D eigenvalue weighted by Crippen LogP contribution is 2.28. The van der Waals surface area contributed by atoms with Crippen molar-refractivity contribution >= 4 is 22.2 Å². The topological polar surface area (TPSA) is 26.3 Å². The minimum atomic E-state index is 0.491. The van der Waals surface area contributed by atoms with Crippen LogP contribution in [0.1, 0.15) is 35.7 Å². The molecule has 0 unspecified atom stereocenters. The van der Waals surface area contributed by atoms with Gasteiger partial charge in [0.05, 0.1) is 5.56 Å². The lowest BCUT2D eigenvalue weighted by molar-refractivity contribution is 0.112. The van der Waals surface area contributed by atoms with Gasteiger partial charge < -0.3 is 4.74 Å². The van der Waals surface area contributed by atoms with E-state index in [1.54, 1.807) is 12.1 Å². The first-order valence-electron chi connectivity index (χ1n) is 6.12. The van der Waals surface area contributed by atoms with Crippen LogP contribution < -0.4 is 4.74 Å². The lowest BCUT2D eigenvalue weighted by Crippen LogP contribution is -1.91. The summed E-state index contributed by atoms with van der Waals surface area (Å²) in [6, 6.07) is 13.3. The lowest BCUT2D eigenvalue weighted by Gasteiger charge is -2.10. The van der Waals surface area contributed by atoms with E-state index >= 15 is 0 Å². The molecule has 2 rings (SSSR count). The van der Waals surface area contributed by atoms with E-state index in [1.165, 1.54) is 5.56 Å². The average molecular weight is 319 g/mol. The summed E-state index contributed by atoms with van der Waals surface area (Å²) in [7, 11) is 0. The largest absolute Gasteiger partial charge is 0.457 e. The molecule has 0 aliphatic carbocycles. The summed E-state index contributed by atoms with van der Waals surface area (Å²) in [6.45, 7) is 4.29. The monoisotopic (exact) mass is 318 g/mol. The van der Waals surface area contributed by atoms with Crippen molar-refractivity contribution in [3.8, 4) is 11.5 Å². The van der Waals surface area contributed by atoms with Crippen molar-refractivity contribution in [2.45, 2.75) is 19.8 Å². The zero-order chi connectivity index (χ0) is 13.8. The molecule has 0 N–H and O–H groups in total. The molecule has 0 heterocycles. The van der Waals surface area contributed by atoms with Crippen molar-refractivity contribution in [3.05, 3.63) is 58.1 Å². The van der Waals surface area contributed by atoms with Gasteiger partial charge in [0.15, 0.2) is 6.29 Å². The second-order valence-electron chi connectivity index (χ2n) is 4.63. The van der Waals surface area contributed by atoms with Gasteiger partial charge in [-0.05, 0) is 41.8 Å². The van der Waals surface area contributed by atoms with Crippen LogP contribution in [0.4, 0.5) is 0 Å². The number of carbonyl (C=O) groups excluding carboxylic acids is 1. The molecule has 0 amide bonds. The molecule has 0 aromatic heterocycles. The summed E-state index contributed by atoms with van der Waals surface area (Å²) in [5.74, 6) is 1.78. The van der Waals surface area contributed by atoms with Crippen LogP contribution in [-0.2, 0) is 0 Å². The number of benzene rings is 2. The lowest BCUT2D eigenvalue weighted by atomic mass is 10.0. The number of rotatable bonds is 4. The molecule has 0 bridgehead atoms. The van der Waals surface area contributed by atoms with E-state index in [-0.39, 0.29) is 0 Å². The van der Waals surface area contributed by atoms with Crippen LogP contribution >= 0.6 is 15.9 Å². The predicted molar refractivity (Wildman–Crippen MR) is 80.1 cm³/mol. The van der Waals surface area contributed by atoms with Crippen molar-refractivity contribution < 1.29 is 9.53 Å². The average Bonchev–Trinajstić information content (AvgIpc) is 2.39. The zero-order valence-corrected chi connectivity index (χ0v) is 12.5. The first-order valence-corrected chi connectivity index (χ1v) is 6.92. The highest BCUT2D eigenvalue weighted by molar-refractivity contribution is 9.10. The van der Waals surface area contributed by atoms with Gasteiger partial charge in [-0.15, -0.1) is 0 Å². The Kier molecular flexibility index (Phi) is 4.38. The fourth-order valence-corrected chi connectivity index (χ4v) is 2.08. The fourth-order valence-electron chi connectivity index (χ4n) is 1.74. The molecule has 0 fully saturated rings. The van der Waals surface area contributed by atoms with Gasteiger partial charge in [-0.2, -0.15) is 0 Å². The number of hydrogen-bond donors (Lipinski definition) is 0. The molecule has 0 saturated heterocycles. The first kappa shape index (κ1) is 13.8. The molecule has 0 aliphatic heterocycles. The SMILES string of the molecule is CC(C)c1ccc(Oc2cc(Br)ccc2C=O)cc1. The van der Waals surface area contributed by atoms with E-state index in [0.29, 0.717) is 17.2 Å². The molecule has 2 aromatic rings. The van der Waals surface area contributed by atoms with E-state index in [1.807, 2.05) is 30.3 Å². The Hall–Kier alpha value is -1.61. The Bertz CT molecular complexity index is 574. The van der Waals surface area contributed by atoms with Gasteiger partial charge in [0.2, 0.25) is 0 Å². The second kappa shape index (κ2) is 6.02. The Morgan fingerprint density at radius 2 is 1.79 bits per heavy atom. The minimum absolute atomic E-state index is 0.491. The Morgan fingerprint density at radius 3 is 2.37 bits per heavy atom. The smallest absolute Gasteiger partial charge is 0.153 e. The van der Waals surface area contributed by atoms with Crippen LogP contribution in [0, 0.1) is 0 Å². The zero-order valence-electron chi connectivity index (χ0n) is 10.9. The normalized spacial score (nSPS) is 10.5. The molecule has 0 saturated carbocycles. The van der Waals surface area contributed by atoms with Gasteiger partial charge in [-0.1, -0.05) is 41.9 Å². The first-order chi connectivity index (χ1) is 9.10. The molecule has 19 heavy (non-hydrogen) atoms. The summed E-state index contributed by atoms with van der Waals surface area (Å²) < 4.78 is 6.64. The number of halogens is 1. The third-order valence-corrected chi connectivity index (χ3v) is 3.37. The number of carbonyl (C=O) groups is 1. The quantitative estimate of drug-likeness (QED) is 0.726. The third-order valence-electron chi connectivity index (χ3n) is 2.88. The number of ether oxygens (including phenoxy) is 1. The standard InChI is InChI=1S/C16H15BrO2/c1-11(2)12-4-7-15(8-5-12)19-16-9-14(17)6-3-13(16)10-18/h3-11H,1-2H3. The van der Waals surface area contributed by atoms with E-state index in [0.717, 1.165) is 16.5 Å². The van der Waals surface area contributed by atoms with Gasteiger partial charge in [-0.25, -0.2) is 0 Å². The van der Waals surface area contributed by atoms with Gasteiger partial charge >= 0.3 is 0 Å². The summed E-state index contributed by atoms with van der Waals surface area (Å²) >= 11 is 3.37. The van der Waals surface area contributed by atoms with Crippen LogP contribution in [0.25, 0.3) is 0 Å². The third kappa shape index (κ3) is 3.44. The number of aldehydes is 1. The van der Waals surface area contributed by atoms with Crippen LogP contribution in [0.2, 0.25) is 0 Å². The predicted octanol–water partition coefficient (Wildman–Crippen LogP) is 5.18. The molecular weight excluding hydrogens is 304 g/mol. The molecule has 0 aliphatic rings. The maximum Gasteiger partial charge on any atom is 0.153 e. The van der Waals surface area contributed by atoms with Crippen LogP contribution in [0.3, 0.4) is 0 Å². The summed E-state index contributed by atoms with van der Waals surface area (Å²) in [5, 5.41) is 0. The molecule has 98 valence electrons. The van der Waals surface area contributed by atoms with E-state index < -0.39 is 0 Å². The fraction of sp³-hybridized carbons (Fsp3) is 0.188. The Balaban J connectivity index is 2.25. The Morgan fingerprint density at radius 1 is 1.11 bits per heavy atom.